The fourth-order valence-corrected chi connectivity index (χ4v) is 2.67. The minimum absolute atomic E-state index is 0.121. The number of carbonyl (C=O) groups is 2. The Morgan fingerprint density at radius 3 is 2.36 bits per heavy atom. The van der Waals surface area contributed by atoms with E-state index < -0.39 is 18.5 Å². The standard InChI is InChI=1S/C19H19N3O6/c1-25-14-8-11(9-15(26-2)18(14)27-3)20-16(23)10-28-19(24)17-12-6-4-5-7-13(12)21-22-17/h4-9H,10H2,1-3H3,(H,20,23)(H,21,22). The van der Waals surface area contributed by atoms with E-state index in [1.807, 2.05) is 6.07 Å². The number of carbonyl (C=O) groups excluding carboxylic acids is 2. The Morgan fingerprint density at radius 1 is 1.04 bits per heavy atom. The summed E-state index contributed by atoms with van der Waals surface area (Å²) in [6.45, 7) is -0.476. The summed E-state index contributed by atoms with van der Waals surface area (Å²) in [5.74, 6) is -0.0472. The summed E-state index contributed by atoms with van der Waals surface area (Å²) in [6.07, 6.45) is 0. The predicted molar refractivity (Wildman–Crippen MR) is 101 cm³/mol. The van der Waals surface area contributed by atoms with Gasteiger partial charge in [-0.1, -0.05) is 18.2 Å². The molecule has 0 saturated carbocycles. The molecule has 146 valence electrons. The molecular formula is C19H19N3O6. The fraction of sp³-hybridized carbons (Fsp3) is 0.211. The maximum Gasteiger partial charge on any atom is 0.359 e. The van der Waals surface area contributed by atoms with E-state index in [2.05, 4.69) is 15.5 Å². The molecule has 0 aliphatic carbocycles. The molecule has 1 amide bonds. The smallest absolute Gasteiger partial charge is 0.359 e. The van der Waals surface area contributed by atoms with E-state index in [4.69, 9.17) is 18.9 Å². The van der Waals surface area contributed by atoms with Crippen LogP contribution in [0.2, 0.25) is 0 Å². The molecule has 9 nitrogen and oxygen atoms in total. The molecule has 0 unspecified atom stereocenters. The highest BCUT2D eigenvalue weighted by molar-refractivity contribution is 6.03. The van der Waals surface area contributed by atoms with Crippen molar-refractivity contribution in [1.82, 2.24) is 10.2 Å². The lowest BCUT2D eigenvalue weighted by Crippen LogP contribution is -2.21. The molecule has 0 saturated heterocycles. The molecule has 0 radical (unpaired) electrons. The van der Waals surface area contributed by atoms with Gasteiger partial charge < -0.3 is 24.3 Å². The SMILES string of the molecule is COc1cc(NC(=O)COC(=O)c2n[nH]c3ccccc23)cc(OC)c1OC. The molecule has 0 fully saturated rings. The lowest BCUT2D eigenvalue weighted by Gasteiger charge is -2.14. The summed E-state index contributed by atoms with van der Waals surface area (Å²) in [5, 5.41) is 9.93. The molecule has 3 aromatic rings. The Morgan fingerprint density at radius 2 is 1.71 bits per heavy atom. The van der Waals surface area contributed by atoms with E-state index >= 15 is 0 Å². The quantitative estimate of drug-likeness (QED) is 0.601. The van der Waals surface area contributed by atoms with E-state index in [1.165, 1.54) is 21.3 Å². The first-order valence-electron chi connectivity index (χ1n) is 8.27. The number of aromatic nitrogens is 2. The summed E-state index contributed by atoms with van der Waals surface area (Å²) < 4.78 is 20.8. The number of anilines is 1. The molecule has 0 aliphatic rings. The lowest BCUT2D eigenvalue weighted by atomic mass is 10.2. The van der Waals surface area contributed by atoms with Gasteiger partial charge in [0.25, 0.3) is 5.91 Å². The van der Waals surface area contributed by atoms with Crippen molar-refractivity contribution in [2.24, 2.45) is 0 Å². The van der Waals surface area contributed by atoms with Crippen LogP contribution in [0, 0.1) is 0 Å². The number of para-hydroxylation sites is 1. The van der Waals surface area contributed by atoms with Crippen LogP contribution in [0.4, 0.5) is 5.69 Å². The number of esters is 1. The van der Waals surface area contributed by atoms with E-state index in [0.29, 0.717) is 33.8 Å². The summed E-state index contributed by atoms with van der Waals surface area (Å²) in [7, 11) is 4.43. The number of methoxy groups -OCH3 is 3. The lowest BCUT2D eigenvalue weighted by molar-refractivity contribution is -0.119. The summed E-state index contributed by atoms with van der Waals surface area (Å²) in [5.41, 5.74) is 1.23. The van der Waals surface area contributed by atoms with Gasteiger partial charge in [-0.3, -0.25) is 9.89 Å². The van der Waals surface area contributed by atoms with Crippen molar-refractivity contribution < 1.29 is 28.5 Å². The third kappa shape index (κ3) is 3.83. The van der Waals surface area contributed by atoms with Crippen molar-refractivity contribution in [3.8, 4) is 17.2 Å². The monoisotopic (exact) mass is 385 g/mol. The number of amides is 1. The van der Waals surface area contributed by atoms with E-state index in [-0.39, 0.29) is 5.69 Å². The van der Waals surface area contributed by atoms with Crippen LogP contribution >= 0.6 is 0 Å². The van der Waals surface area contributed by atoms with E-state index in [9.17, 15) is 9.59 Å². The molecular weight excluding hydrogens is 366 g/mol. The zero-order chi connectivity index (χ0) is 20.1. The largest absolute Gasteiger partial charge is 0.493 e. The van der Waals surface area contributed by atoms with Gasteiger partial charge in [-0.15, -0.1) is 0 Å². The number of ether oxygens (including phenoxy) is 4. The van der Waals surface area contributed by atoms with Crippen LogP contribution in [0.25, 0.3) is 10.9 Å². The third-order valence-corrected chi connectivity index (χ3v) is 3.95. The first-order chi connectivity index (χ1) is 13.6. The normalized spacial score (nSPS) is 10.4. The van der Waals surface area contributed by atoms with Crippen molar-refractivity contribution >= 4 is 28.5 Å². The molecule has 2 aromatic carbocycles. The van der Waals surface area contributed by atoms with Gasteiger partial charge in [-0.2, -0.15) is 5.10 Å². The number of H-pyrrole nitrogens is 1. The maximum atomic E-state index is 12.2. The number of fused-ring (bicyclic) bond motifs is 1. The van der Waals surface area contributed by atoms with Crippen LogP contribution in [-0.2, 0) is 9.53 Å². The van der Waals surface area contributed by atoms with E-state index in [0.717, 1.165) is 0 Å². The van der Waals surface area contributed by atoms with Crippen molar-refractivity contribution in [3.63, 3.8) is 0 Å². The van der Waals surface area contributed by atoms with Crippen LogP contribution in [0.1, 0.15) is 10.5 Å². The number of aromatic amines is 1. The van der Waals surface area contributed by atoms with Crippen LogP contribution < -0.4 is 19.5 Å². The van der Waals surface area contributed by atoms with Crippen molar-refractivity contribution in [2.75, 3.05) is 33.3 Å². The average molecular weight is 385 g/mol. The Bertz CT molecular complexity index is 989. The van der Waals surface area contributed by atoms with Gasteiger partial charge in [0.05, 0.1) is 26.8 Å². The summed E-state index contributed by atoms with van der Waals surface area (Å²) in [4.78, 5) is 24.4. The minimum Gasteiger partial charge on any atom is -0.493 e. The molecule has 28 heavy (non-hydrogen) atoms. The molecule has 0 spiro atoms. The highest BCUT2D eigenvalue weighted by Crippen LogP contribution is 2.39. The first-order valence-corrected chi connectivity index (χ1v) is 8.27. The van der Waals surface area contributed by atoms with Gasteiger partial charge in [0.15, 0.2) is 23.8 Å². The van der Waals surface area contributed by atoms with Gasteiger partial charge in [-0.25, -0.2) is 4.79 Å². The van der Waals surface area contributed by atoms with Gasteiger partial charge in [0.2, 0.25) is 5.75 Å². The highest BCUT2D eigenvalue weighted by atomic mass is 16.5. The molecule has 1 heterocycles. The van der Waals surface area contributed by atoms with Gasteiger partial charge in [0.1, 0.15) is 0 Å². The molecule has 3 rings (SSSR count). The van der Waals surface area contributed by atoms with Gasteiger partial charge in [0, 0.05) is 23.2 Å². The Hall–Kier alpha value is -3.75. The van der Waals surface area contributed by atoms with Crippen molar-refractivity contribution in [1.29, 1.82) is 0 Å². The van der Waals surface area contributed by atoms with Crippen molar-refractivity contribution in [3.05, 3.63) is 42.1 Å². The Kier molecular flexibility index (Phi) is 5.64. The highest BCUT2D eigenvalue weighted by Gasteiger charge is 2.18. The fourth-order valence-electron chi connectivity index (χ4n) is 2.67. The second-order valence-electron chi connectivity index (χ2n) is 5.66. The average Bonchev–Trinajstić information content (AvgIpc) is 3.15. The predicted octanol–water partition coefficient (Wildman–Crippen LogP) is 2.38. The summed E-state index contributed by atoms with van der Waals surface area (Å²) in [6, 6.07) is 10.3. The van der Waals surface area contributed by atoms with Crippen LogP contribution in [0.15, 0.2) is 36.4 Å². The Labute approximate surface area is 160 Å². The number of benzene rings is 2. The Balaban J connectivity index is 1.66. The van der Waals surface area contributed by atoms with E-state index in [1.54, 1.807) is 30.3 Å². The second-order valence-corrected chi connectivity index (χ2v) is 5.66. The molecule has 2 N–H and O–H groups in total. The number of rotatable bonds is 7. The summed E-state index contributed by atoms with van der Waals surface area (Å²) >= 11 is 0. The third-order valence-electron chi connectivity index (χ3n) is 3.95. The number of nitrogens with zero attached hydrogens (tertiary/aromatic N) is 1. The molecule has 9 heteroatoms. The first kappa shape index (κ1) is 19.0. The maximum absolute atomic E-state index is 12.2. The number of nitrogens with one attached hydrogen (secondary N) is 2. The van der Waals surface area contributed by atoms with Gasteiger partial charge >= 0.3 is 5.97 Å². The number of hydrogen-bond acceptors (Lipinski definition) is 7. The van der Waals surface area contributed by atoms with Crippen molar-refractivity contribution in [2.45, 2.75) is 0 Å². The van der Waals surface area contributed by atoms with Crippen LogP contribution in [0.3, 0.4) is 0 Å². The molecule has 0 aliphatic heterocycles. The van der Waals surface area contributed by atoms with Crippen LogP contribution in [0.5, 0.6) is 17.2 Å². The van der Waals surface area contributed by atoms with Crippen LogP contribution in [-0.4, -0.2) is 50.0 Å². The number of hydrogen-bond donors (Lipinski definition) is 2. The zero-order valence-corrected chi connectivity index (χ0v) is 15.6. The van der Waals surface area contributed by atoms with Gasteiger partial charge in [-0.05, 0) is 6.07 Å². The molecule has 0 atom stereocenters. The molecule has 1 aromatic heterocycles. The topological polar surface area (TPSA) is 112 Å². The molecule has 0 bridgehead atoms. The zero-order valence-electron chi connectivity index (χ0n) is 15.6. The second kappa shape index (κ2) is 8.30. The minimum atomic E-state index is -0.697.